The lowest BCUT2D eigenvalue weighted by Gasteiger charge is -2.24. The van der Waals surface area contributed by atoms with E-state index in [-0.39, 0.29) is 10.6 Å². The Labute approximate surface area is 233 Å². The summed E-state index contributed by atoms with van der Waals surface area (Å²) in [4.78, 5) is 12.8. The van der Waals surface area contributed by atoms with Crippen LogP contribution >= 0.6 is 11.6 Å². The number of nitrogens with zero attached hydrogens (tertiary/aromatic N) is 2. The highest BCUT2D eigenvalue weighted by atomic mass is 35.5. The fourth-order valence-corrected chi connectivity index (χ4v) is 5.23. The smallest absolute Gasteiger partial charge is 0.264 e. The molecule has 0 fully saturated rings. The van der Waals surface area contributed by atoms with Crippen LogP contribution in [0.2, 0.25) is 5.02 Å². The van der Waals surface area contributed by atoms with Crippen molar-refractivity contribution in [2.75, 3.05) is 10.8 Å². The van der Waals surface area contributed by atoms with Gasteiger partial charge in [0.15, 0.2) is 0 Å². The number of carbonyl (C=O) groups is 1. The molecule has 1 amide bonds. The number of rotatable bonds is 10. The van der Waals surface area contributed by atoms with Gasteiger partial charge in [-0.1, -0.05) is 65.2 Å². The maximum Gasteiger partial charge on any atom is 0.264 e. The molecule has 0 heterocycles. The lowest BCUT2D eigenvalue weighted by Crippen LogP contribution is -2.39. The minimum Gasteiger partial charge on any atom is -0.489 e. The summed E-state index contributed by atoms with van der Waals surface area (Å²) in [6.45, 7) is 3.87. The molecule has 1 N–H and O–H groups in total. The molecule has 4 aromatic carbocycles. The molecule has 0 spiro atoms. The normalized spacial score (nSPS) is 11.4. The van der Waals surface area contributed by atoms with Crippen LogP contribution in [0.5, 0.6) is 5.75 Å². The highest BCUT2D eigenvalue weighted by molar-refractivity contribution is 7.92. The van der Waals surface area contributed by atoms with Crippen LogP contribution in [-0.2, 0) is 21.4 Å². The topological polar surface area (TPSA) is 88.1 Å². The number of hydrazone groups is 1. The molecule has 0 saturated carbocycles. The Morgan fingerprint density at radius 1 is 0.923 bits per heavy atom. The summed E-state index contributed by atoms with van der Waals surface area (Å²) in [5.74, 6) is 0.0928. The van der Waals surface area contributed by atoms with E-state index in [1.807, 2.05) is 50.2 Å². The number of hydrogen-bond acceptors (Lipinski definition) is 5. The van der Waals surface area contributed by atoms with Crippen LogP contribution < -0.4 is 14.5 Å². The molecular formula is C30H28ClN3O4S. The van der Waals surface area contributed by atoms with Crippen molar-refractivity contribution in [3.8, 4) is 5.75 Å². The number of ether oxygens (including phenoxy) is 1. The highest BCUT2D eigenvalue weighted by Gasteiger charge is 2.27. The molecule has 0 aliphatic rings. The number of amides is 1. The van der Waals surface area contributed by atoms with Gasteiger partial charge in [-0.15, -0.1) is 0 Å². The van der Waals surface area contributed by atoms with Crippen LogP contribution in [0.4, 0.5) is 5.69 Å². The van der Waals surface area contributed by atoms with Crippen molar-refractivity contribution in [2.45, 2.75) is 25.3 Å². The molecule has 0 unspecified atom stereocenters. The fraction of sp³-hybridized carbons (Fsp3) is 0.133. The predicted octanol–water partition coefficient (Wildman–Crippen LogP) is 5.88. The van der Waals surface area contributed by atoms with E-state index < -0.39 is 22.5 Å². The summed E-state index contributed by atoms with van der Waals surface area (Å²) >= 11 is 6.11. The van der Waals surface area contributed by atoms with Gasteiger partial charge < -0.3 is 4.74 Å². The monoisotopic (exact) mass is 561 g/mol. The van der Waals surface area contributed by atoms with Gasteiger partial charge in [0.2, 0.25) is 0 Å². The SMILES string of the molecule is Cc1ccc(COc2ccc(/C=N\NC(=O)CN(c3cccc(Cl)c3)S(=O)(=O)c3ccc(C)cc3)cc2)cc1. The first-order valence-electron chi connectivity index (χ1n) is 12.2. The van der Waals surface area contributed by atoms with E-state index in [1.54, 1.807) is 42.5 Å². The van der Waals surface area contributed by atoms with Gasteiger partial charge in [0.1, 0.15) is 18.9 Å². The average molecular weight is 562 g/mol. The number of aryl methyl sites for hydroxylation is 2. The van der Waals surface area contributed by atoms with E-state index >= 15 is 0 Å². The largest absolute Gasteiger partial charge is 0.489 e. The molecule has 39 heavy (non-hydrogen) atoms. The highest BCUT2D eigenvalue weighted by Crippen LogP contribution is 2.26. The summed E-state index contributed by atoms with van der Waals surface area (Å²) in [5.41, 5.74) is 6.59. The van der Waals surface area contributed by atoms with Gasteiger partial charge in [0.25, 0.3) is 15.9 Å². The molecule has 4 rings (SSSR count). The molecule has 0 radical (unpaired) electrons. The number of nitrogens with one attached hydrogen (secondary N) is 1. The molecule has 0 atom stereocenters. The summed E-state index contributed by atoms with van der Waals surface area (Å²) in [6, 6.07) is 28.1. The van der Waals surface area contributed by atoms with E-state index in [0.29, 0.717) is 17.4 Å². The Morgan fingerprint density at radius 3 is 2.21 bits per heavy atom. The van der Waals surface area contributed by atoms with Gasteiger partial charge in [0, 0.05) is 5.02 Å². The number of hydrogen-bond donors (Lipinski definition) is 1. The lowest BCUT2D eigenvalue weighted by atomic mass is 10.2. The first kappa shape index (κ1) is 27.9. The molecule has 0 aliphatic carbocycles. The Kier molecular flexibility index (Phi) is 9.01. The third-order valence-electron chi connectivity index (χ3n) is 5.80. The number of anilines is 1. The van der Waals surface area contributed by atoms with Crippen molar-refractivity contribution in [1.29, 1.82) is 0 Å². The Bertz CT molecular complexity index is 1550. The van der Waals surface area contributed by atoms with E-state index in [2.05, 4.69) is 10.5 Å². The third kappa shape index (κ3) is 7.69. The molecule has 0 saturated heterocycles. The van der Waals surface area contributed by atoms with Gasteiger partial charge in [0.05, 0.1) is 16.8 Å². The van der Waals surface area contributed by atoms with E-state index in [9.17, 15) is 13.2 Å². The van der Waals surface area contributed by atoms with Gasteiger partial charge in [-0.3, -0.25) is 9.10 Å². The molecule has 4 aromatic rings. The second-order valence-corrected chi connectivity index (χ2v) is 11.2. The Balaban J connectivity index is 1.40. The Morgan fingerprint density at radius 2 is 1.56 bits per heavy atom. The number of halogens is 1. The predicted molar refractivity (Wildman–Crippen MR) is 155 cm³/mol. The minimum atomic E-state index is -4.04. The number of carbonyl (C=O) groups excluding carboxylic acids is 1. The van der Waals surface area contributed by atoms with Crippen molar-refractivity contribution in [3.05, 3.63) is 124 Å². The molecule has 0 bridgehead atoms. The lowest BCUT2D eigenvalue weighted by molar-refractivity contribution is -0.119. The standard InChI is InChI=1S/C30H28ClN3O4S/c1-22-6-10-25(11-7-22)21-38-28-14-12-24(13-15-28)19-32-33-30(35)20-34(27-5-3-4-26(31)18-27)39(36,37)29-16-8-23(2)9-17-29/h3-19H,20-21H2,1-2H3,(H,33,35)/b32-19-. The molecular weight excluding hydrogens is 534 g/mol. The molecule has 200 valence electrons. The second kappa shape index (κ2) is 12.6. The summed E-state index contributed by atoms with van der Waals surface area (Å²) in [5, 5.41) is 4.34. The van der Waals surface area contributed by atoms with Crippen LogP contribution in [0.15, 0.2) is 107 Å². The fourth-order valence-electron chi connectivity index (χ4n) is 3.63. The van der Waals surface area contributed by atoms with Gasteiger partial charge in [-0.2, -0.15) is 5.10 Å². The zero-order valence-electron chi connectivity index (χ0n) is 21.5. The zero-order chi connectivity index (χ0) is 27.8. The third-order valence-corrected chi connectivity index (χ3v) is 7.82. The van der Waals surface area contributed by atoms with E-state index in [1.165, 1.54) is 30.0 Å². The van der Waals surface area contributed by atoms with Gasteiger partial charge in [-0.05, 0) is 79.6 Å². The molecule has 0 aliphatic heterocycles. The van der Waals surface area contributed by atoms with Crippen molar-refractivity contribution in [2.24, 2.45) is 5.10 Å². The van der Waals surface area contributed by atoms with Crippen LogP contribution in [0.25, 0.3) is 0 Å². The Hall–Kier alpha value is -4.14. The van der Waals surface area contributed by atoms with Crippen LogP contribution in [-0.4, -0.2) is 27.1 Å². The van der Waals surface area contributed by atoms with Gasteiger partial charge >= 0.3 is 0 Å². The van der Waals surface area contributed by atoms with Crippen LogP contribution in [0, 0.1) is 13.8 Å². The molecule has 9 heteroatoms. The van der Waals surface area contributed by atoms with Crippen molar-refractivity contribution < 1.29 is 17.9 Å². The van der Waals surface area contributed by atoms with Crippen LogP contribution in [0.3, 0.4) is 0 Å². The van der Waals surface area contributed by atoms with Crippen molar-refractivity contribution in [3.63, 3.8) is 0 Å². The van der Waals surface area contributed by atoms with Crippen molar-refractivity contribution >= 4 is 39.4 Å². The minimum absolute atomic E-state index is 0.0639. The van der Waals surface area contributed by atoms with Crippen LogP contribution in [0.1, 0.15) is 22.3 Å². The number of benzene rings is 4. The zero-order valence-corrected chi connectivity index (χ0v) is 23.1. The first-order chi connectivity index (χ1) is 18.7. The number of sulfonamides is 1. The summed E-state index contributed by atoms with van der Waals surface area (Å²) in [7, 11) is -4.04. The summed E-state index contributed by atoms with van der Waals surface area (Å²) < 4.78 is 33.7. The maximum atomic E-state index is 13.4. The molecule has 0 aromatic heterocycles. The summed E-state index contributed by atoms with van der Waals surface area (Å²) in [6.07, 6.45) is 1.47. The van der Waals surface area contributed by atoms with E-state index in [0.717, 1.165) is 21.0 Å². The maximum absolute atomic E-state index is 13.4. The van der Waals surface area contributed by atoms with Gasteiger partial charge in [-0.25, -0.2) is 13.8 Å². The average Bonchev–Trinajstić information content (AvgIpc) is 2.92. The van der Waals surface area contributed by atoms with Crippen molar-refractivity contribution in [1.82, 2.24) is 5.43 Å². The van der Waals surface area contributed by atoms with E-state index in [4.69, 9.17) is 16.3 Å². The second-order valence-electron chi connectivity index (χ2n) is 8.94. The molecule has 7 nitrogen and oxygen atoms in total. The first-order valence-corrected chi connectivity index (χ1v) is 14.0. The quantitative estimate of drug-likeness (QED) is 0.193.